The summed E-state index contributed by atoms with van der Waals surface area (Å²) >= 11 is 1.48. The van der Waals surface area contributed by atoms with Crippen LogP contribution in [0.5, 0.6) is 0 Å². The van der Waals surface area contributed by atoms with E-state index in [9.17, 15) is 8.78 Å². The molecule has 0 spiro atoms. The van der Waals surface area contributed by atoms with Crippen molar-refractivity contribution < 1.29 is 8.78 Å². The van der Waals surface area contributed by atoms with Gasteiger partial charge in [-0.15, -0.1) is 11.3 Å². The van der Waals surface area contributed by atoms with Gasteiger partial charge in [-0.2, -0.15) is 0 Å². The molecule has 16 heavy (non-hydrogen) atoms. The van der Waals surface area contributed by atoms with E-state index in [1.54, 1.807) is 6.20 Å². The second kappa shape index (κ2) is 4.67. The first-order valence-corrected chi connectivity index (χ1v) is 5.63. The molecule has 1 aromatic carbocycles. The van der Waals surface area contributed by atoms with Crippen LogP contribution < -0.4 is 5.73 Å². The Kier molecular flexibility index (Phi) is 3.26. The fraction of sp³-hybridized carbons (Fsp3) is 0.182. The van der Waals surface area contributed by atoms with E-state index in [1.165, 1.54) is 23.5 Å². The Labute approximate surface area is 95.7 Å². The second-order valence-corrected chi connectivity index (χ2v) is 4.42. The quantitative estimate of drug-likeness (QED) is 0.895. The van der Waals surface area contributed by atoms with Crippen molar-refractivity contribution in [2.24, 2.45) is 5.73 Å². The molecule has 2 N–H and O–H groups in total. The van der Waals surface area contributed by atoms with Crippen LogP contribution in [0, 0.1) is 11.6 Å². The number of rotatable bonds is 3. The zero-order chi connectivity index (χ0) is 11.5. The van der Waals surface area contributed by atoms with Gasteiger partial charge in [0.1, 0.15) is 11.6 Å². The van der Waals surface area contributed by atoms with Crippen LogP contribution in [0.15, 0.2) is 29.8 Å². The smallest absolute Gasteiger partial charge is 0.126 e. The molecule has 1 aromatic heterocycles. The molecular weight excluding hydrogens is 230 g/mol. The lowest BCUT2D eigenvalue weighted by Gasteiger charge is -2.10. The van der Waals surface area contributed by atoms with Crippen molar-refractivity contribution in [3.05, 3.63) is 52.0 Å². The van der Waals surface area contributed by atoms with Crippen molar-refractivity contribution in [3.63, 3.8) is 0 Å². The third-order valence-corrected chi connectivity index (χ3v) is 2.99. The van der Waals surface area contributed by atoms with Gasteiger partial charge < -0.3 is 5.73 Å². The average Bonchev–Trinajstić information content (AvgIpc) is 2.68. The first kappa shape index (κ1) is 11.2. The number of nitrogens with zero attached hydrogens (tertiary/aromatic N) is 1. The molecule has 2 rings (SSSR count). The van der Waals surface area contributed by atoms with Crippen LogP contribution in [0.2, 0.25) is 0 Å². The molecule has 2 nitrogen and oxygen atoms in total. The maximum atomic E-state index is 13.0. The summed E-state index contributed by atoms with van der Waals surface area (Å²) in [4.78, 5) is 4.08. The van der Waals surface area contributed by atoms with Gasteiger partial charge in [-0.3, -0.25) is 0 Å². The van der Waals surface area contributed by atoms with Crippen molar-refractivity contribution in [3.8, 4) is 0 Å². The lowest BCUT2D eigenvalue weighted by atomic mass is 10.0. The van der Waals surface area contributed by atoms with Crippen molar-refractivity contribution in [2.75, 3.05) is 0 Å². The van der Waals surface area contributed by atoms with Gasteiger partial charge in [0, 0.05) is 30.1 Å². The number of thiazole rings is 1. The van der Waals surface area contributed by atoms with Gasteiger partial charge in [-0.25, -0.2) is 13.8 Å². The van der Waals surface area contributed by atoms with Crippen molar-refractivity contribution in [1.82, 2.24) is 4.98 Å². The van der Waals surface area contributed by atoms with E-state index in [-0.39, 0.29) is 0 Å². The van der Waals surface area contributed by atoms with Gasteiger partial charge in [-0.1, -0.05) is 0 Å². The molecule has 0 bridgehead atoms. The highest BCUT2D eigenvalue weighted by molar-refractivity contribution is 7.09. The molecule has 5 heteroatoms. The lowest BCUT2D eigenvalue weighted by Crippen LogP contribution is -2.13. The third kappa shape index (κ3) is 2.62. The van der Waals surface area contributed by atoms with Crippen LogP contribution in [0.4, 0.5) is 8.78 Å². The largest absolute Gasteiger partial charge is 0.324 e. The van der Waals surface area contributed by atoms with Crippen molar-refractivity contribution in [2.45, 2.75) is 12.5 Å². The van der Waals surface area contributed by atoms with Crippen LogP contribution >= 0.6 is 11.3 Å². The van der Waals surface area contributed by atoms with Gasteiger partial charge in [0.05, 0.1) is 5.01 Å². The summed E-state index contributed by atoms with van der Waals surface area (Å²) in [5, 5.41) is 2.70. The summed E-state index contributed by atoms with van der Waals surface area (Å²) in [6.45, 7) is 0. The predicted molar refractivity (Wildman–Crippen MR) is 59.1 cm³/mol. The van der Waals surface area contributed by atoms with Gasteiger partial charge in [-0.05, 0) is 17.7 Å². The number of benzene rings is 1. The number of halogens is 2. The average molecular weight is 240 g/mol. The zero-order valence-electron chi connectivity index (χ0n) is 8.36. The van der Waals surface area contributed by atoms with Crippen LogP contribution in [-0.4, -0.2) is 4.98 Å². The summed E-state index contributed by atoms with van der Waals surface area (Å²) in [7, 11) is 0. The maximum Gasteiger partial charge on any atom is 0.126 e. The summed E-state index contributed by atoms with van der Waals surface area (Å²) in [6, 6.07) is 2.90. The van der Waals surface area contributed by atoms with Crippen molar-refractivity contribution >= 4 is 11.3 Å². The highest BCUT2D eigenvalue weighted by Gasteiger charge is 2.11. The van der Waals surface area contributed by atoms with Gasteiger partial charge in [0.25, 0.3) is 0 Å². The SMILES string of the molecule is NC(Cc1nccs1)c1cc(F)cc(F)c1. The molecule has 0 fully saturated rings. The number of hydrogen-bond donors (Lipinski definition) is 1. The Balaban J connectivity index is 2.17. The third-order valence-electron chi connectivity index (χ3n) is 2.19. The van der Waals surface area contributed by atoms with E-state index in [2.05, 4.69) is 4.98 Å². The molecule has 1 unspecified atom stereocenters. The van der Waals surface area contributed by atoms with E-state index >= 15 is 0 Å². The molecule has 0 aliphatic carbocycles. The standard InChI is InChI=1S/C11H10F2N2S/c12-8-3-7(4-9(13)5-8)10(14)6-11-15-1-2-16-11/h1-5,10H,6,14H2. The first-order valence-electron chi connectivity index (χ1n) is 4.75. The zero-order valence-corrected chi connectivity index (χ0v) is 9.18. The Bertz CT molecular complexity index is 451. The molecule has 0 radical (unpaired) electrons. The maximum absolute atomic E-state index is 13.0. The van der Waals surface area contributed by atoms with Crippen molar-refractivity contribution in [1.29, 1.82) is 0 Å². The molecule has 0 amide bonds. The Hall–Kier alpha value is -1.33. The Morgan fingerprint density at radius 3 is 2.50 bits per heavy atom. The van der Waals surface area contributed by atoms with Crippen LogP contribution in [-0.2, 0) is 6.42 Å². The summed E-state index contributed by atoms with van der Waals surface area (Å²) in [6.07, 6.45) is 2.17. The minimum absolute atomic E-state index is 0.434. The van der Waals surface area contributed by atoms with E-state index in [0.717, 1.165) is 11.1 Å². The normalized spacial score (nSPS) is 12.7. The summed E-state index contributed by atoms with van der Waals surface area (Å²) in [5.41, 5.74) is 6.31. The fourth-order valence-corrected chi connectivity index (χ4v) is 2.13. The lowest BCUT2D eigenvalue weighted by molar-refractivity contribution is 0.572. The van der Waals surface area contributed by atoms with Crippen LogP contribution in [0.3, 0.4) is 0 Å². The molecule has 1 heterocycles. The Morgan fingerprint density at radius 1 is 1.25 bits per heavy atom. The number of hydrogen-bond acceptors (Lipinski definition) is 3. The van der Waals surface area contributed by atoms with Gasteiger partial charge in [0.15, 0.2) is 0 Å². The molecule has 84 valence electrons. The van der Waals surface area contributed by atoms with E-state index in [1.807, 2.05) is 5.38 Å². The molecule has 0 saturated carbocycles. The first-order chi connectivity index (χ1) is 7.65. The Morgan fingerprint density at radius 2 is 1.94 bits per heavy atom. The van der Waals surface area contributed by atoms with E-state index in [4.69, 9.17) is 5.73 Å². The minimum Gasteiger partial charge on any atom is -0.324 e. The number of nitrogens with two attached hydrogens (primary N) is 1. The van der Waals surface area contributed by atoms with E-state index < -0.39 is 17.7 Å². The summed E-state index contributed by atoms with van der Waals surface area (Å²) < 4.78 is 25.9. The van der Waals surface area contributed by atoms with Crippen LogP contribution in [0.1, 0.15) is 16.6 Å². The van der Waals surface area contributed by atoms with E-state index in [0.29, 0.717) is 12.0 Å². The minimum atomic E-state index is -0.607. The highest BCUT2D eigenvalue weighted by Crippen LogP contribution is 2.19. The molecule has 0 saturated heterocycles. The fourth-order valence-electron chi connectivity index (χ4n) is 1.45. The second-order valence-electron chi connectivity index (χ2n) is 3.44. The van der Waals surface area contributed by atoms with Gasteiger partial charge in [0.2, 0.25) is 0 Å². The molecule has 0 aliphatic rings. The summed E-state index contributed by atoms with van der Waals surface area (Å²) in [5.74, 6) is -1.21. The topological polar surface area (TPSA) is 38.9 Å². The van der Waals surface area contributed by atoms with Gasteiger partial charge >= 0.3 is 0 Å². The monoisotopic (exact) mass is 240 g/mol. The van der Waals surface area contributed by atoms with Crippen LogP contribution in [0.25, 0.3) is 0 Å². The molecular formula is C11H10F2N2S. The predicted octanol–water partition coefficient (Wildman–Crippen LogP) is 2.66. The molecule has 0 aliphatic heterocycles. The highest BCUT2D eigenvalue weighted by atomic mass is 32.1. The number of aromatic nitrogens is 1. The molecule has 1 atom stereocenters. The molecule has 2 aromatic rings.